The highest BCUT2D eigenvalue weighted by Crippen LogP contribution is 2.43. The number of rotatable bonds is 3. The van der Waals surface area contributed by atoms with Crippen molar-refractivity contribution in [3.05, 3.63) is 25.7 Å². The predicted molar refractivity (Wildman–Crippen MR) is 75.3 cm³/mol. The van der Waals surface area contributed by atoms with Crippen LogP contribution in [0, 0.1) is 3.57 Å². The van der Waals surface area contributed by atoms with Crippen LogP contribution in [0.3, 0.4) is 0 Å². The van der Waals surface area contributed by atoms with Gasteiger partial charge in [0.2, 0.25) is 0 Å². The van der Waals surface area contributed by atoms with E-state index in [1.54, 1.807) is 12.1 Å². The number of nitrogens with two attached hydrogens (primary N) is 1. The summed E-state index contributed by atoms with van der Waals surface area (Å²) < 4.78 is 11.0. The van der Waals surface area contributed by atoms with Crippen LogP contribution in [0.5, 0.6) is 5.75 Å². The van der Waals surface area contributed by atoms with Gasteiger partial charge >= 0.3 is 6.64 Å². The smallest absolute Gasteiger partial charge is 0.309 e. The quantitative estimate of drug-likeness (QED) is 0.478. The summed E-state index contributed by atoms with van der Waals surface area (Å²) in [5, 5.41) is 0.932. The van der Waals surface area contributed by atoms with E-state index >= 15 is 0 Å². The molecule has 2 N–H and O–H groups in total. The van der Waals surface area contributed by atoms with Crippen LogP contribution < -0.4 is 10.0 Å². The molecule has 1 unspecified atom stereocenters. The lowest BCUT2D eigenvalue weighted by atomic mass is 10.3. The molecule has 0 saturated heterocycles. The third-order valence-electron chi connectivity index (χ3n) is 1.45. The number of benzene rings is 1. The summed E-state index contributed by atoms with van der Waals surface area (Å²) in [5.74, 6) is 0.342. The molecule has 0 amide bonds. The van der Waals surface area contributed by atoms with Gasteiger partial charge in [-0.25, -0.2) is 5.50 Å². The van der Waals surface area contributed by atoms with Gasteiger partial charge in [0.1, 0.15) is 5.75 Å². The maximum absolute atomic E-state index is 5.94. The lowest BCUT2D eigenvalue weighted by Crippen LogP contribution is -2.04. The van der Waals surface area contributed by atoms with Crippen LogP contribution in [0.4, 0.5) is 0 Å². The molecule has 1 rings (SSSR count). The van der Waals surface area contributed by atoms with E-state index in [2.05, 4.69) is 22.6 Å². The molecule has 8 heteroatoms. The Morgan fingerprint density at radius 1 is 1.40 bits per heavy atom. The van der Waals surface area contributed by atoms with Crippen molar-refractivity contribution in [3.63, 3.8) is 0 Å². The fraction of sp³-hybridized carbons (Fsp3) is 0.143. The Morgan fingerprint density at radius 2 is 2.00 bits per heavy atom. The zero-order valence-electron chi connectivity index (χ0n) is 7.54. The van der Waals surface area contributed by atoms with Crippen molar-refractivity contribution in [2.45, 2.75) is 0 Å². The van der Waals surface area contributed by atoms with Crippen molar-refractivity contribution in [2.75, 3.05) is 7.11 Å². The van der Waals surface area contributed by atoms with Gasteiger partial charge in [-0.1, -0.05) is 23.2 Å². The van der Waals surface area contributed by atoms with Crippen molar-refractivity contribution in [1.29, 1.82) is 0 Å². The molecular formula is C7H7Cl2INO2PS. The van der Waals surface area contributed by atoms with Gasteiger partial charge in [0, 0.05) is 16.7 Å². The summed E-state index contributed by atoms with van der Waals surface area (Å²) in [4.78, 5) is 0. The zero-order valence-corrected chi connectivity index (χ0v) is 12.9. The average Bonchev–Trinajstić information content (AvgIpc) is 2.14. The summed E-state index contributed by atoms with van der Waals surface area (Å²) in [6.45, 7) is -2.77. The van der Waals surface area contributed by atoms with Crippen molar-refractivity contribution in [3.8, 4) is 5.75 Å². The number of hydrogen-bond donors (Lipinski definition) is 1. The van der Waals surface area contributed by atoms with Crippen molar-refractivity contribution >= 4 is 64.2 Å². The van der Waals surface area contributed by atoms with Crippen LogP contribution in [0.2, 0.25) is 10.0 Å². The van der Waals surface area contributed by atoms with Gasteiger partial charge in [-0.05, 0) is 40.5 Å². The highest BCUT2D eigenvalue weighted by molar-refractivity contribution is 14.1. The molecule has 1 aromatic rings. The normalized spacial score (nSPS) is 14.7. The summed E-state index contributed by atoms with van der Waals surface area (Å²) in [7, 11) is 1.39. The Kier molecular flexibility index (Phi) is 5.11. The predicted octanol–water partition coefficient (Wildman–Crippen LogP) is 3.81. The van der Waals surface area contributed by atoms with Gasteiger partial charge < -0.3 is 9.05 Å². The van der Waals surface area contributed by atoms with Gasteiger partial charge in [-0.3, -0.25) is 0 Å². The highest BCUT2D eigenvalue weighted by atomic mass is 127. The largest absolute Gasteiger partial charge is 0.431 e. The Labute approximate surface area is 117 Å². The first-order valence-electron chi connectivity index (χ1n) is 3.64. The lowest BCUT2D eigenvalue weighted by molar-refractivity contribution is 0.393. The maximum Gasteiger partial charge on any atom is 0.309 e. The van der Waals surface area contributed by atoms with E-state index < -0.39 is 6.64 Å². The maximum atomic E-state index is 5.94. The Balaban J connectivity index is 3.06. The second-order valence-corrected chi connectivity index (χ2v) is 7.64. The highest BCUT2D eigenvalue weighted by Gasteiger charge is 2.15. The van der Waals surface area contributed by atoms with E-state index in [1.807, 2.05) is 0 Å². The molecule has 0 aromatic heterocycles. The van der Waals surface area contributed by atoms with Crippen molar-refractivity contribution < 1.29 is 9.05 Å². The molecule has 0 aliphatic carbocycles. The Hall–Kier alpha value is 0.900. The van der Waals surface area contributed by atoms with E-state index in [0.717, 1.165) is 3.57 Å². The fourth-order valence-corrected chi connectivity index (χ4v) is 2.55. The van der Waals surface area contributed by atoms with Gasteiger partial charge in [0.05, 0.1) is 10.0 Å². The van der Waals surface area contributed by atoms with Crippen molar-refractivity contribution in [2.24, 2.45) is 5.50 Å². The molecule has 0 heterocycles. The first kappa shape index (κ1) is 14.0. The third kappa shape index (κ3) is 4.00. The van der Waals surface area contributed by atoms with Crippen LogP contribution in [-0.4, -0.2) is 7.11 Å². The van der Waals surface area contributed by atoms with E-state index in [1.165, 1.54) is 7.11 Å². The van der Waals surface area contributed by atoms with Crippen LogP contribution >= 0.6 is 52.4 Å². The topological polar surface area (TPSA) is 44.5 Å². The van der Waals surface area contributed by atoms with E-state index in [9.17, 15) is 0 Å². The Bertz CT molecular complexity index is 432. The fourth-order valence-electron chi connectivity index (χ4n) is 0.749. The van der Waals surface area contributed by atoms with Crippen LogP contribution in [0.25, 0.3) is 0 Å². The molecule has 0 fully saturated rings. The van der Waals surface area contributed by atoms with E-state index in [4.69, 9.17) is 49.6 Å². The Morgan fingerprint density at radius 3 is 2.53 bits per heavy atom. The molecule has 0 bridgehead atoms. The summed E-state index contributed by atoms with van der Waals surface area (Å²) in [6.07, 6.45) is 0. The lowest BCUT2D eigenvalue weighted by Gasteiger charge is -2.16. The molecular weight excluding hydrogens is 391 g/mol. The minimum atomic E-state index is -2.77. The van der Waals surface area contributed by atoms with Gasteiger partial charge in [0.25, 0.3) is 0 Å². The van der Waals surface area contributed by atoms with E-state index in [0.29, 0.717) is 15.8 Å². The molecule has 1 atom stereocenters. The summed E-state index contributed by atoms with van der Waals surface area (Å²) in [5.41, 5.74) is 5.58. The third-order valence-corrected chi connectivity index (χ3v) is 4.91. The van der Waals surface area contributed by atoms with Crippen molar-refractivity contribution in [1.82, 2.24) is 0 Å². The second-order valence-electron chi connectivity index (χ2n) is 2.51. The zero-order chi connectivity index (χ0) is 11.6. The monoisotopic (exact) mass is 397 g/mol. The number of halogens is 3. The van der Waals surface area contributed by atoms with E-state index in [-0.39, 0.29) is 0 Å². The average molecular weight is 398 g/mol. The molecule has 84 valence electrons. The van der Waals surface area contributed by atoms with Crippen LogP contribution in [0.1, 0.15) is 0 Å². The van der Waals surface area contributed by atoms with Gasteiger partial charge in [0.15, 0.2) is 0 Å². The van der Waals surface area contributed by atoms with Gasteiger partial charge in [-0.2, -0.15) is 0 Å². The molecule has 0 aliphatic rings. The summed E-state index contributed by atoms with van der Waals surface area (Å²) >= 11 is 18.8. The SMILES string of the molecule is COP(N)(=S)Oc1cc(Cl)c(I)cc1Cl. The van der Waals surface area contributed by atoms with Gasteiger partial charge in [-0.15, -0.1) is 0 Å². The molecule has 3 nitrogen and oxygen atoms in total. The first-order valence-corrected chi connectivity index (χ1v) is 8.18. The molecule has 0 radical (unpaired) electrons. The number of hydrogen-bond acceptors (Lipinski definition) is 3. The molecule has 0 aliphatic heterocycles. The molecule has 0 saturated carbocycles. The minimum absolute atomic E-state index is 0.342. The molecule has 0 spiro atoms. The summed E-state index contributed by atoms with van der Waals surface area (Å²) in [6, 6.07) is 3.24. The first-order chi connectivity index (χ1) is 6.85. The second kappa shape index (κ2) is 5.49. The van der Waals surface area contributed by atoms with Crippen LogP contribution in [0.15, 0.2) is 12.1 Å². The molecule has 1 aromatic carbocycles. The molecule has 15 heavy (non-hydrogen) atoms. The minimum Gasteiger partial charge on any atom is -0.431 e. The standard InChI is InChI=1S/C7H7Cl2INO2PS/c1-12-14(11,15)13-7-3-4(8)6(10)2-5(7)9/h2-3H,1H3,(H2,11,15). The van der Waals surface area contributed by atoms with Crippen LogP contribution in [-0.2, 0) is 16.3 Å².